The zero-order chi connectivity index (χ0) is 13.2. The summed E-state index contributed by atoms with van der Waals surface area (Å²) in [5.41, 5.74) is 2.08. The van der Waals surface area contributed by atoms with E-state index in [1.807, 2.05) is 20.8 Å². The summed E-state index contributed by atoms with van der Waals surface area (Å²) in [7, 11) is 1.70. The van der Waals surface area contributed by atoms with Crippen molar-refractivity contribution in [1.82, 2.24) is 4.98 Å². The van der Waals surface area contributed by atoms with Gasteiger partial charge in [0.25, 0.3) is 0 Å². The summed E-state index contributed by atoms with van der Waals surface area (Å²) in [6, 6.07) is 0.774. The fraction of sp³-hybridized carbons (Fsp3) is 0.545. The first kappa shape index (κ1) is 13.6. The highest BCUT2D eigenvalue weighted by Gasteiger charge is 2.19. The van der Waals surface area contributed by atoms with E-state index in [1.165, 1.54) is 0 Å². The van der Waals surface area contributed by atoms with E-state index in [0.717, 1.165) is 6.07 Å². The van der Waals surface area contributed by atoms with Crippen molar-refractivity contribution < 1.29 is 8.78 Å². The Morgan fingerprint density at radius 2 is 1.94 bits per heavy atom. The van der Waals surface area contributed by atoms with Crippen LogP contribution in [0.5, 0.6) is 0 Å². The number of hydrazine groups is 1. The number of pyridine rings is 1. The topological polar surface area (TPSA) is 54.2 Å². The normalized spacial score (nSPS) is 11.5. The molecule has 0 amide bonds. The maximum Gasteiger partial charge on any atom is 0.178 e. The average molecular weight is 244 g/mol. The molecule has 96 valence electrons. The summed E-state index contributed by atoms with van der Waals surface area (Å²) in [6.07, 6.45) is 0. The van der Waals surface area contributed by atoms with Gasteiger partial charge in [0.1, 0.15) is 0 Å². The van der Waals surface area contributed by atoms with Gasteiger partial charge in [-0.3, -0.25) is 0 Å². The number of hydrogen-bond donors (Lipinski definition) is 2. The van der Waals surface area contributed by atoms with Crippen LogP contribution in [0.2, 0.25) is 0 Å². The van der Waals surface area contributed by atoms with Crippen LogP contribution < -0.4 is 16.2 Å². The molecule has 0 atom stereocenters. The van der Waals surface area contributed by atoms with E-state index < -0.39 is 11.6 Å². The number of rotatable bonds is 3. The van der Waals surface area contributed by atoms with Crippen LogP contribution in [-0.4, -0.2) is 18.6 Å². The number of nitrogens with one attached hydrogen (secondary N) is 1. The summed E-state index contributed by atoms with van der Waals surface area (Å²) in [6.45, 7) is 6.65. The Labute approximate surface area is 99.8 Å². The molecule has 6 heteroatoms. The van der Waals surface area contributed by atoms with Gasteiger partial charge in [-0.2, -0.15) is 0 Å². The molecular weight excluding hydrogens is 226 g/mol. The van der Waals surface area contributed by atoms with Crippen molar-refractivity contribution in [3.8, 4) is 0 Å². The fourth-order valence-corrected chi connectivity index (χ4v) is 1.61. The van der Waals surface area contributed by atoms with Crippen LogP contribution in [0.4, 0.5) is 20.4 Å². The molecule has 0 fully saturated rings. The summed E-state index contributed by atoms with van der Waals surface area (Å²) < 4.78 is 26.7. The third kappa shape index (κ3) is 3.52. The van der Waals surface area contributed by atoms with Crippen LogP contribution >= 0.6 is 0 Å². The lowest BCUT2D eigenvalue weighted by Gasteiger charge is -2.27. The Morgan fingerprint density at radius 1 is 1.35 bits per heavy atom. The minimum atomic E-state index is -0.807. The van der Waals surface area contributed by atoms with Crippen LogP contribution in [-0.2, 0) is 0 Å². The summed E-state index contributed by atoms with van der Waals surface area (Å²) in [4.78, 5) is 5.45. The maximum atomic E-state index is 13.6. The number of anilines is 2. The molecule has 0 bridgehead atoms. The van der Waals surface area contributed by atoms with Crippen molar-refractivity contribution in [1.29, 1.82) is 0 Å². The average Bonchev–Trinajstić information content (AvgIpc) is 2.14. The highest BCUT2D eigenvalue weighted by atomic mass is 19.1. The minimum absolute atomic E-state index is 0.0203. The van der Waals surface area contributed by atoms with Gasteiger partial charge in [0, 0.05) is 19.7 Å². The van der Waals surface area contributed by atoms with E-state index in [0.29, 0.717) is 6.54 Å². The van der Waals surface area contributed by atoms with Gasteiger partial charge in [-0.25, -0.2) is 19.6 Å². The second kappa shape index (κ2) is 4.83. The van der Waals surface area contributed by atoms with Gasteiger partial charge in [-0.15, -0.1) is 0 Å². The van der Waals surface area contributed by atoms with Crippen molar-refractivity contribution in [2.75, 3.05) is 23.9 Å². The number of halogens is 2. The molecule has 0 saturated carbocycles. The SMILES string of the molecule is CN(CC(C)(C)C)c1nc(NN)c(F)cc1F. The second-order valence-electron chi connectivity index (χ2n) is 5.19. The van der Waals surface area contributed by atoms with Gasteiger partial charge in [0.05, 0.1) is 0 Å². The van der Waals surface area contributed by atoms with Gasteiger partial charge < -0.3 is 10.3 Å². The van der Waals surface area contributed by atoms with Crippen molar-refractivity contribution in [2.24, 2.45) is 11.3 Å². The molecule has 3 N–H and O–H groups in total. The maximum absolute atomic E-state index is 13.6. The number of hydrogen-bond acceptors (Lipinski definition) is 4. The van der Waals surface area contributed by atoms with Crippen LogP contribution in [0.1, 0.15) is 20.8 Å². The van der Waals surface area contributed by atoms with Gasteiger partial charge in [0.2, 0.25) is 0 Å². The molecule has 0 aliphatic rings. The monoisotopic (exact) mass is 244 g/mol. The molecule has 0 aliphatic heterocycles. The van der Waals surface area contributed by atoms with Crippen molar-refractivity contribution in [3.05, 3.63) is 17.7 Å². The Hall–Kier alpha value is -1.43. The van der Waals surface area contributed by atoms with E-state index in [9.17, 15) is 8.78 Å². The summed E-state index contributed by atoms with van der Waals surface area (Å²) >= 11 is 0. The lowest BCUT2D eigenvalue weighted by Crippen LogP contribution is -2.30. The Bertz CT molecular complexity index is 401. The van der Waals surface area contributed by atoms with Crippen LogP contribution in [0, 0.1) is 17.0 Å². The molecule has 0 aromatic carbocycles. The third-order valence-corrected chi connectivity index (χ3v) is 2.12. The zero-order valence-corrected chi connectivity index (χ0v) is 10.5. The predicted molar refractivity (Wildman–Crippen MR) is 64.7 cm³/mol. The standard InChI is InChI=1S/C11H18F2N4/c1-11(2,3)6-17(4)10-8(13)5-7(12)9(15-10)16-14/h5H,6,14H2,1-4H3,(H,15,16). The number of nitrogens with zero attached hydrogens (tertiary/aromatic N) is 2. The number of nitrogen functional groups attached to an aromatic ring is 1. The van der Waals surface area contributed by atoms with E-state index in [4.69, 9.17) is 5.84 Å². The van der Waals surface area contributed by atoms with Crippen molar-refractivity contribution >= 4 is 11.6 Å². The van der Waals surface area contributed by atoms with Gasteiger partial charge >= 0.3 is 0 Å². The van der Waals surface area contributed by atoms with E-state index >= 15 is 0 Å². The van der Waals surface area contributed by atoms with Crippen molar-refractivity contribution in [3.63, 3.8) is 0 Å². The fourth-order valence-electron chi connectivity index (χ4n) is 1.61. The molecule has 0 radical (unpaired) electrons. The van der Waals surface area contributed by atoms with Crippen molar-refractivity contribution in [2.45, 2.75) is 20.8 Å². The summed E-state index contributed by atoms with van der Waals surface area (Å²) in [5, 5.41) is 0. The Morgan fingerprint density at radius 3 is 2.41 bits per heavy atom. The van der Waals surface area contributed by atoms with E-state index in [-0.39, 0.29) is 17.1 Å². The molecule has 0 aliphatic carbocycles. The molecule has 0 spiro atoms. The largest absolute Gasteiger partial charge is 0.357 e. The minimum Gasteiger partial charge on any atom is -0.357 e. The van der Waals surface area contributed by atoms with Crippen LogP contribution in [0.3, 0.4) is 0 Å². The van der Waals surface area contributed by atoms with Crippen LogP contribution in [0.25, 0.3) is 0 Å². The molecule has 4 nitrogen and oxygen atoms in total. The quantitative estimate of drug-likeness (QED) is 0.631. The molecular formula is C11H18F2N4. The number of nitrogens with two attached hydrogens (primary N) is 1. The first-order valence-electron chi connectivity index (χ1n) is 5.28. The summed E-state index contributed by atoms with van der Waals surface area (Å²) in [5.74, 6) is 3.51. The third-order valence-electron chi connectivity index (χ3n) is 2.12. The Balaban J connectivity index is 3.05. The second-order valence-corrected chi connectivity index (χ2v) is 5.19. The molecule has 0 unspecified atom stereocenters. The van der Waals surface area contributed by atoms with Gasteiger partial charge in [-0.1, -0.05) is 20.8 Å². The van der Waals surface area contributed by atoms with E-state index in [1.54, 1.807) is 11.9 Å². The lowest BCUT2D eigenvalue weighted by atomic mass is 9.96. The predicted octanol–water partition coefficient (Wildman–Crippen LogP) is 2.13. The molecule has 1 aromatic heterocycles. The Kier molecular flexibility index (Phi) is 3.87. The first-order valence-corrected chi connectivity index (χ1v) is 5.28. The van der Waals surface area contributed by atoms with Gasteiger partial charge in [0.15, 0.2) is 23.3 Å². The molecule has 1 rings (SSSR count). The molecule has 0 saturated heterocycles. The molecule has 1 aromatic rings. The lowest BCUT2D eigenvalue weighted by molar-refractivity contribution is 0.415. The molecule has 17 heavy (non-hydrogen) atoms. The first-order chi connectivity index (χ1) is 7.74. The zero-order valence-electron chi connectivity index (χ0n) is 10.5. The molecule has 1 heterocycles. The highest BCUT2D eigenvalue weighted by molar-refractivity contribution is 5.48. The highest BCUT2D eigenvalue weighted by Crippen LogP contribution is 2.24. The van der Waals surface area contributed by atoms with Gasteiger partial charge in [-0.05, 0) is 5.41 Å². The van der Waals surface area contributed by atoms with Crippen LogP contribution in [0.15, 0.2) is 6.07 Å². The smallest absolute Gasteiger partial charge is 0.178 e. The van der Waals surface area contributed by atoms with E-state index in [2.05, 4.69) is 10.4 Å². The number of aromatic nitrogens is 1.